The Morgan fingerprint density at radius 1 is 0.569 bits per heavy atom. The van der Waals surface area contributed by atoms with Gasteiger partial charge < -0.3 is 40.3 Å². The molecule has 9 nitrogen and oxygen atoms in total. The van der Waals surface area contributed by atoms with Crippen molar-refractivity contribution < 1.29 is 39.8 Å². The van der Waals surface area contributed by atoms with Gasteiger partial charge in [0.25, 0.3) is 0 Å². The second-order valence-electron chi connectivity index (χ2n) is 17.6. The molecule has 1 fully saturated rings. The molecule has 0 aromatic rings. The van der Waals surface area contributed by atoms with E-state index in [2.05, 4.69) is 31.3 Å². The van der Waals surface area contributed by atoms with Gasteiger partial charge >= 0.3 is 0 Å². The Kier molecular flexibility index (Phi) is 37.9. The normalized spacial score (nSPS) is 20.8. The highest BCUT2D eigenvalue weighted by Gasteiger charge is 2.44. The number of carbonyl (C=O) groups excluding carboxylic acids is 1. The predicted octanol–water partition coefficient (Wildman–Crippen LogP) is 10.9. The van der Waals surface area contributed by atoms with Crippen molar-refractivity contribution in [1.29, 1.82) is 0 Å². The van der Waals surface area contributed by atoms with E-state index in [1.807, 2.05) is 0 Å². The van der Waals surface area contributed by atoms with Gasteiger partial charge in [-0.3, -0.25) is 4.79 Å². The number of ether oxygens (including phenoxy) is 2. The molecule has 1 saturated heterocycles. The molecular formula is C49H95NO8. The van der Waals surface area contributed by atoms with Crippen LogP contribution in [0.2, 0.25) is 0 Å². The summed E-state index contributed by atoms with van der Waals surface area (Å²) in [5, 5.41) is 54.4. The average Bonchev–Trinajstić information content (AvgIpc) is 3.22. The highest BCUT2D eigenvalue weighted by molar-refractivity contribution is 5.76. The summed E-state index contributed by atoms with van der Waals surface area (Å²) < 4.78 is 11.3. The first-order valence-electron chi connectivity index (χ1n) is 24.9. The number of hydrogen-bond donors (Lipinski definition) is 6. The van der Waals surface area contributed by atoms with Crippen LogP contribution < -0.4 is 5.32 Å². The molecule has 6 N–H and O–H groups in total. The van der Waals surface area contributed by atoms with E-state index in [0.29, 0.717) is 12.8 Å². The van der Waals surface area contributed by atoms with E-state index in [-0.39, 0.29) is 12.5 Å². The van der Waals surface area contributed by atoms with E-state index in [1.54, 1.807) is 0 Å². The lowest BCUT2D eigenvalue weighted by Crippen LogP contribution is -2.60. The van der Waals surface area contributed by atoms with Gasteiger partial charge in [0.05, 0.1) is 25.4 Å². The molecule has 1 rings (SSSR count). The van der Waals surface area contributed by atoms with E-state index in [1.165, 1.54) is 161 Å². The van der Waals surface area contributed by atoms with E-state index in [0.717, 1.165) is 51.4 Å². The summed E-state index contributed by atoms with van der Waals surface area (Å²) >= 11 is 0. The molecule has 0 spiro atoms. The topological polar surface area (TPSA) is 149 Å². The van der Waals surface area contributed by atoms with Gasteiger partial charge in [0.1, 0.15) is 24.4 Å². The maximum Gasteiger partial charge on any atom is 0.220 e. The van der Waals surface area contributed by atoms with Crippen molar-refractivity contribution >= 4 is 5.91 Å². The molecule has 0 aromatic heterocycles. The van der Waals surface area contributed by atoms with Gasteiger partial charge in [0.15, 0.2) is 6.29 Å². The summed E-state index contributed by atoms with van der Waals surface area (Å²) in [4.78, 5) is 13.0. The highest BCUT2D eigenvalue weighted by atomic mass is 16.7. The molecule has 0 saturated carbocycles. The van der Waals surface area contributed by atoms with Gasteiger partial charge in [-0.05, 0) is 38.5 Å². The second kappa shape index (κ2) is 40.0. The Morgan fingerprint density at radius 3 is 1.40 bits per heavy atom. The maximum absolute atomic E-state index is 13.0. The first-order valence-corrected chi connectivity index (χ1v) is 24.9. The van der Waals surface area contributed by atoms with Crippen molar-refractivity contribution in [2.45, 2.75) is 281 Å². The minimum atomic E-state index is -1.55. The smallest absolute Gasteiger partial charge is 0.220 e. The maximum atomic E-state index is 13.0. The summed E-state index contributed by atoms with van der Waals surface area (Å²) in [5.74, 6) is -0.150. The van der Waals surface area contributed by atoms with Crippen LogP contribution >= 0.6 is 0 Å². The third kappa shape index (κ3) is 30.0. The fourth-order valence-electron chi connectivity index (χ4n) is 8.10. The van der Waals surface area contributed by atoms with Crippen LogP contribution in [0.4, 0.5) is 0 Å². The van der Waals surface area contributed by atoms with E-state index in [4.69, 9.17) is 9.47 Å². The molecule has 1 aliphatic heterocycles. The number of nitrogens with one attached hydrogen (secondary N) is 1. The zero-order valence-corrected chi connectivity index (χ0v) is 37.8. The summed E-state index contributed by atoms with van der Waals surface area (Å²) in [6, 6.07) is -0.719. The van der Waals surface area contributed by atoms with E-state index >= 15 is 0 Å². The lowest BCUT2D eigenvalue weighted by Gasteiger charge is -2.40. The van der Waals surface area contributed by atoms with Crippen LogP contribution in [-0.2, 0) is 14.3 Å². The largest absolute Gasteiger partial charge is 0.394 e. The molecule has 58 heavy (non-hydrogen) atoms. The van der Waals surface area contributed by atoms with Crippen molar-refractivity contribution in [1.82, 2.24) is 5.32 Å². The van der Waals surface area contributed by atoms with E-state index in [9.17, 15) is 30.3 Å². The number of unbranched alkanes of at least 4 members (excludes halogenated alkanes) is 30. The molecule has 0 aliphatic carbocycles. The van der Waals surface area contributed by atoms with Crippen molar-refractivity contribution in [2.24, 2.45) is 0 Å². The fraction of sp³-hybridized carbons (Fsp3) is 0.939. The average molecular weight is 826 g/mol. The molecule has 1 aliphatic rings. The summed E-state index contributed by atoms with van der Waals surface area (Å²) in [6.45, 7) is 3.84. The number of allylic oxidation sites excluding steroid dienone is 2. The lowest BCUT2D eigenvalue weighted by atomic mass is 9.99. The van der Waals surface area contributed by atoms with Gasteiger partial charge in [-0.1, -0.05) is 206 Å². The molecule has 0 aromatic carbocycles. The zero-order valence-electron chi connectivity index (χ0n) is 37.8. The van der Waals surface area contributed by atoms with Crippen LogP contribution in [-0.4, -0.2) is 87.5 Å². The highest BCUT2D eigenvalue weighted by Crippen LogP contribution is 2.23. The van der Waals surface area contributed by atoms with Crippen molar-refractivity contribution in [3.8, 4) is 0 Å². The minimum Gasteiger partial charge on any atom is -0.394 e. The Morgan fingerprint density at radius 2 is 0.966 bits per heavy atom. The third-order valence-electron chi connectivity index (χ3n) is 12.1. The summed E-state index contributed by atoms with van der Waals surface area (Å²) in [5.41, 5.74) is 0. The van der Waals surface area contributed by atoms with Crippen molar-refractivity contribution in [2.75, 3.05) is 13.2 Å². The van der Waals surface area contributed by atoms with Gasteiger partial charge in [0, 0.05) is 6.42 Å². The summed E-state index contributed by atoms with van der Waals surface area (Å²) in [6.07, 6.45) is 39.3. The summed E-state index contributed by atoms with van der Waals surface area (Å²) in [7, 11) is 0. The molecule has 0 bridgehead atoms. The van der Waals surface area contributed by atoms with Crippen molar-refractivity contribution in [3.05, 3.63) is 12.2 Å². The van der Waals surface area contributed by atoms with Gasteiger partial charge in [0.2, 0.25) is 5.91 Å². The number of hydrogen-bond acceptors (Lipinski definition) is 8. The molecular weight excluding hydrogens is 731 g/mol. The first-order chi connectivity index (χ1) is 28.3. The van der Waals surface area contributed by atoms with Crippen molar-refractivity contribution in [3.63, 3.8) is 0 Å². The molecule has 1 heterocycles. The first kappa shape index (κ1) is 54.9. The molecule has 344 valence electrons. The van der Waals surface area contributed by atoms with Crippen LogP contribution in [0.3, 0.4) is 0 Å². The number of aliphatic hydroxyl groups excluding tert-OH is 5. The van der Waals surface area contributed by atoms with Gasteiger partial charge in [-0.15, -0.1) is 0 Å². The van der Waals surface area contributed by atoms with Crippen LogP contribution in [0.1, 0.15) is 239 Å². The number of rotatable bonds is 42. The predicted molar refractivity (Wildman–Crippen MR) is 240 cm³/mol. The molecule has 0 radical (unpaired) electrons. The molecule has 9 heteroatoms. The number of aliphatic hydroxyl groups is 5. The fourth-order valence-corrected chi connectivity index (χ4v) is 8.10. The lowest BCUT2D eigenvalue weighted by molar-refractivity contribution is -0.302. The van der Waals surface area contributed by atoms with Gasteiger partial charge in [-0.25, -0.2) is 0 Å². The quantitative estimate of drug-likeness (QED) is 0.0263. The molecule has 7 atom stereocenters. The van der Waals surface area contributed by atoms with Crippen LogP contribution in [0, 0.1) is 0 Å². The minimum absolute atomic E-state index is 0.138. The molecule has 7 unspecified atom stereocenters. The SMILES string of the molecule is CCCCCCCC/C=C\CCCCCCCC(=O)NC(COC1OC(CO)C(O)C(O)C1O)C(O)CCCCCCCCCCCCCCCCCCCCCC. The Hall–Kier alpha value is -1.07. The zero-order chi connectivity index (χ0) is 42.3. The Labute approximate surface area is 356 Å². The van der Waals surface area contributed by atoms with E-state index < -0.39 is 49.5 Å². The monoisotopic (exact) mass is 826 g/mol. The Bertz CT molecular complexity index is 919. The van der Waals surface area contributed by atoms with Crippen LogP contribution in [0.15, 0.2) is 12.2 Å². The Balaban J connectivity index is 2.28. The standard InChI is InChI=1S/C49H95NO8/c1-3-5-7-9-11-13-15-17-19-20-21-22-23-25-26-28-30-32-34-36-38-43(52)42(41-57-49-48(56)47(55)46(54)44(40-51)58-49)50-45(53)39-37-35-33-31-29-27-24-18-16-14-12-10-8-6-4-2/h18,24,42-44,46-49,51-52,54-56H,3-17,19-23,25-41H2,1-2H3,(H,50,53)/b24-18-. The van der Waals surface area contributed by atoms with Crippen LogP contribution in [0.5, 0.6) is 0 Å². The van der Waals surface area contributed by atoms with Crippen LogP contribution in [0.25, 0.3) is 0 Å². The molecule has 1 amide bonds. The van der Waals surface area contributed by atoms with Gasteiger partial charge in [-0.2, -0.15) is 0 Å². The second-order valence-corrected chi connectivity index (χ2v) is 17.6. The third-order valence-corrected chi connectivity index (χ3v) is 12.1. The number of carbonyl (C=O) groups is 1. The number of amides is 1.